The molecule has 1 radical (unpaired) electrons. The molecule has 2 unspecified atom stereocenters. The van der Waals surface area contributed by atoms with Crippen molar-refractivity contribution in [3.63, 3.8) is 0 Å². The second-order valence-corrected chi connectivity index (χ2v) is 2.42. The molecule has 0 saturated carbocycles. The first-order valence-electron chi connectivity index (χ1n) is 3.22. The van der Waals surface area contributed by atoms with E-state index in [0.717, 1.165) is 4.90 Å². The van der Waals surface area contributed by atoms with Crippen molar-refractivity contribution in [3.05, 3.63) is 0 Å². The number of amides is 1. The number of carbonyl (C=O) groups excluding carboxylic acids is 1. The van der Waals surface area contributed by atoms with Gasteiger partial charge in [0.25, 0.3) is 0 Å². The van der Waals surface area contributed by atoms with Crippen molar-refractivity contribution in [2.75, 3.05) is 6.54 Å². The molecule has 1 aliphatic heterocycles. The zero-order chi connectivity index (χ0) is 8.43. The summed E-state index contributed by atoms with van der Waals surface area (Å²) in [6, 6.07) is -1.10. The number of carbonyl (C=O) groups is 1. The summed E-state index contributed by atoms with van der Waals surface area (Å²) in [4.78, 5) is 21.5. The molecule has 1 aliphatic rings. The van der Waals surface area contributed by atoms with E-state index in [9.17, 15) is 9.59 Å². The highest BCUT2D eigenvalue weighted by Crippen LogP contribution is 2.15. The molecule has 1 heterocycles. The Balaban J connectivity index is 2.70. The Morgan fingerprint density at radius 1 is 1.64 bits per heavy atom. The summed E-state index contributed by atoms with van der Waals surface area (Å²) in [6.07, 6.45) is 0.830. The number of likely N-dealkylation sites (tertiary alicyclic amines) is 1. The lowest BCUT2D eigenvalue weighted by Gasteiger charge is -2.15. The second-order valence-electron chi connectivity index (χ2n) is 2.42. The van der Waals surface area contributed by atoms with E-state index in [0.29, 0.717) is 6.42 Å². The minimum absolute atomic E-state index is 0.266. The first kappa shape index (κ1) is 8.00. The number of aliphatic hydroxyl groups is 1. The first-order chi connectivity index (χ1) is 5.16. The zero-order valence-corrected chi connectivity index (χ0v) is 5.73. The summed E-state index contributed by atoms with van der Waals surface area (Å²) < 4.78 is 0. The Labute approximate surface area is 63.2 Å². The molecule has 0 aromatic heterocycles. The van der Waals surface area contributed by atoms with Crippen LogP contribution in [0.5, 0.6) is 0 Å². The molecule has 61 valence electrons. The lowest BCUT2D eigenvalue weighted by Crippen LogP contribution is -2.40. The molecule has 5 heteroatoms. The van der Waals surface area contributed by atoms with Gasteiger partial charge in [-0.1, -0.05) is 0 Å². The summed E-state index contributed by atoms with van der Waals surface area (Å²) >= 11 is 0. The van der Waals surface area contributed by atoms with Gasteiger partial charge in [-0.2, -0.15) is 0 Å². The minimum atomic E-state index is -1.18. The smallest absolute Gasteiger partial charge is 0.329 e. The molecule has 1 saturated heterocycles. The van der Waals surface area contributed by atoms with Crippen LogP contribution in [0.25, 0.3) is 0 Å². The summed E-state index contributed by atoms with van der Waals surface area (Å²) in [5.74, 6) is -1.18. The summed E-state index contributed by atoms with van der Waals surface area (Å²) in [7, 11) is 0. The quantitative estimate of drug-likeness (QED) is 0.516. The predicted molar refractivity (Wildman–Crippen MR) is 34.4 cm³/mol. The highest BCUT2D eigenvalue weighted by molar-refractivity contribution is 5.77. The van der Waals surface area contributed by atoms with Crippen LogP contribution in [0, 0.1) is 0 Å². The van der Waals surface area contributed by atoms with Crippen LogP contribution in [-0.2, 0) is 9.59 Å². The van der Waals surface area contributed by atoms with Crippen molar-refractivity contribution in [3.8, 4) is 0 Å². The predicted octanol–water partition coefficient (Wildman–Crippen LogP) is -1.43. The Kier molecular flexibility index (Phi) is 2.09. The van der Waals surface area contributed by atoms with Crippen molar-refractivity contribution in [1.82, 2.24) is 4.90 Å². The number of nitrogens with zero attached hydrogens (tertiary/aromatic N) is 1. The van der Waals surface area contributed by atoms with Crippen LogP contribution in [0.2, 0.25) is 0 Å². The highest BCUT2D eigenvalue weighted by Gasteiger charge is 2.37. The molecule has 5 nitrogen and oxygen atoms in total. The van der Waals surface area contributed by atoms with Gasteiger partial charge in [-0.15, -0.1) is 0 Å². The monoisotopic (exact) mass is 158 g/mol. The average Bonchev–Trinajstić information content (AvgIpc) is 2.30. The molecule has 1 fully saturated rings. The Morgan fingerprint density at radius 2 is 2.27 bits per heavy atom. The van der Waals surface area contributed by atoms with Gasteiger partial charge in [-0.05, 0) is 6.42 Å². The van der Waals surface area contributed by atoms with Crippen LogP contribution >= 0.6 is 0 Å². The van der Waals surface area contributed by atoms with Crippen LogP contribution in [0.15, 0.2) is 0 Å². The third kappa shape index (κ3) is 1.32. The fraction of sp³-hybridized carbons (Fsp3) is 0.667. The SMILES string of the molecule is O=[C]N1CCC(O)C1C(=O)O. The minimum Gasteiger partial charge on any atom is -0.480 e. The van der Waals surface area contributed by atoms with Gasteiger partial charge in [-0.25, -0.2) is 4.79 Å². The van der Waals surface area contributed by atoms with Crippen LogP contribution in [0.3, 0.4) is 0 Å². The van der Waals surface area contributed by atoms with E-state index in [4.69, 9.17) is 10.2 Å². The molecule has 1 amide bonds. The number of aliphatic carboxylic acids is 1. The molecule has 0 spiro atoms. The highest BCUT2D eigenvalue weighted by atomic mass is 16.4. The topological polar surface area (TPSA) is 77.8 Å². The number of rotatable bonds is 2. The van der Waals surface area contributed by atoms with E-state index in [1.54, 1.807) is 0 Å². The Morgan fingerprint density at radius 3 is 2.64 bits per heavy atom. The lowest BCUT2D eigenvalue weighted by atomic mass is 10.2. The zero-order valence-electron chi connectivity index (χ0n) is 5.73. The van der Waals surface area contributed by atoms with Gasteiger partial charge < -0.3 is 15.1 Å². The van der Waals surface area contributed by atoms with E-state index < -0.39 is 18.1 Å². The van der Waals surface area contributed by atoms with Crippen molar-refractivity contribution < 1.29 is 19.8 Å². The average molecular weight is 158 g/mol. The molecule has 2 N–H and O–H groups in total. The van der Waals surface area contributed by atoms with Gasteiger partial charge >= 0.3 is 12.4 Å². The van der Waals surface area contributed by atoms with E-state index >= 15 is 0 Å². The molecule has 0 aromatic carbocycles. The van der Waals surface area contributed by atoms with Crippen molar-refractivity contribution in [2.45, 2.75) is 18.6 Å². The first-order valence-corrected chi connectivity index (χ1v) is 3.22. The van der Waals surface area contributed by atoms with Crippen LogP contribution < -0.4 is 0 Å². The maximum absolute atomic E-state index is 10.4. The van der Waals surface area contributed by atoms with Gasteiger partial charge in [0.05, 0.1) is 6.10 Å². The summed E-state index contributed by atoms with van der Waals surface area (Å²) in [5.41, 5.74) is 0. The van der Waals surface area contributed by atoms with Gasteiger partial charge in [0.1, 0.15) is 0 Å². The standard InChI is InChI=1S/C6H8NO4/c8-3-7-2-1-4(9)5(7)6(10)11/h4-5,9H,1-2H2,(H,10,11). The molecule has 11 heavy (non-hydrogen) atoms. The Bertz CT molecular complexity index is 181. The number of carboxylic acids is 1. The van der Waals surface area contributed by atoms with Crippen molar-refractivity contribution in [2.24, 2.45) is 0 Å². The largest absolute Gasteiger partial charge is 0.480 e. The fourth-order valence-corrected chi connectivity index (χ4v) is 1.18. The molecule has 2 atom stereocenters. The van der Waals surface area contributed by atoms with Crippen LogP contribution in [-0.4, -0.2) is 46.2 Å². The number of aliphatic hydroxyl groups excluding tert-OH is 1. The lowest BCUT2D eigenvalue weighted by molar-refractivity contribution is -0.143. The van der Waals surface area contributed by atoms with Crippen LogP contribution in [0.4, 0.5) is 0 Å². The van der Waals surface area contributed by atoms with Crippen LogP contribution in [0.1, 0.15) is 6.42 Å². The normalized spacial score (nSPS) is 30.5. The van der Waals surface area contributed by atoms with Crippen molar-refractivity contribution in [1.29, 1.82) is 0 Å². The summed E-state index contributed by atoms with van der Waals surface area (Å²) in [5, 5.41) is 17.6. The van der Waals surface area contributed by atoms with E-state index in [1.165, 1.54) is 6.41 Å². The van der Waals surface area contributed by atoms with Gasteiger partial charge in [-0.3, -0.25) is 4.79 Å². The number of hydrogen-bond acceptors (Lipinski definition) is 3. The second kappa shape index (κ2) is 2.87. The number of carboxylic acid groups (broad SMARTS) is 1. The third-order valence-corrected chi connectivity index (χ3v) is 1.74. The van der Waals surface area contributed by atoms with Crippen molar-refractivity contribution >= 4 is 12.4 Å². The molecule has 1 rings (SSSR count). The molecule has 0 aromatic rings. The van der Waals surface area contributed by atoms with E-state index in [1.807, 2.05) is 0 Å². The summed E-state index contributed by atoms with van der Waals surface area (Å²) in [6.45, 7) is 0.266. The van der Waals surface area contributed by atoms with Gasteiger partial charge in [0.2, 0.25) is 0 Å². The fourth-order valence-electron chi connectivity index (χ4n) is 1.18. The molecular formula is C6H8NO4. The van der Waals surface area contributed by atoms with E-state index in [2.05, 4.69) is 0 Å². The van der Waals surface area contributed by atoms with E-state index in [-0.39, 0.29) is 6.54 Å². The maximum atomic E-state index is 10.4. The van der Waals surface area contributed by atoms with Gasteiger partial charge in [0.15, 0.2) is 6.04 Å². The molecular weight excluding hydrogens is 150 g/mol. The molecule has 0 aliphatic carbocycles. The number of hydrogen-bond donors (Lipinski definition) is 2. The third-order valence-electron chi connectivity index (χ3n) is 1.74. The maximum Gasteiger partial charge on any atom is 0.329 e. The van der Waals surface area contributed by atoms with Gasteiger partial charge in [0, 0.05) is 6.54 Å². The molecule has 0 bridgehead atoms. The Hall–Kier alpha value is -1.10.